The van der Waals surface area contributed by atoms with Gasteiger partial charge in [-0.2, -0.15) is 0 Å². The Kier molecular flexibility index (Phi) is 2.80. The zero-order valence-corrected chi connectivity index (χ0v) is 10.3. The zero-order chi connectivity index (χ0) is 14.1. The first-order valence-corrected chi connectivity index (χ1v) is 5.95. The van der Waals surface area contributed by atoms with E-state index in [1.54, 1.807) is 12.2 Å². The minimum absolute atomic E-state index is 0.163. The molecule has 0 spiro atoms. The van der Waals surface area contributed by atoms with Crippen molar-refractivity contribution in [3.63, 3.8) is 0 Å². The first-order valence-electron chi connectivity index (χ1n) is 5.95. The molecule has 0 radical (unpaired) electrons. The summed E-state index contributed by atoms with van der Waals surface area (Å²) in [5.41, 5.74) is 0.960. The number of aromatic hydroxyl groups is 2. The molecule has 3 N–H and O–H groups in total. The van der Waals surface area contributed by atoms with Crippen LogP contribution in [0.5, 0.6) is 11.5 Å². The largest absolute Gasteiger partial charge is 0.504 e. The van der Waals surface area contributed by atoms with Gasteiger partial charge in [-0.15, -0.1) is 0 Å². The van der Waals surface area contributed by atoms with Crippen molar-refractivity contribution in [3.05, 3.63) is 58.3 Å². The molecule has 3 rings (SSSR count). The lowest BCUT2D eigenvalue weighted by atomic mass is 10.1. The summed E-state index contributed by atoms with van der Waals surface area (Å²) in [5.74, 6) is -1.12. The van der Waals surface area contributed by atoms with E-state index in [0.29, 0.717) is 0 Å². The summed E-state index contributed by atoms with van der Waals surface area (Å²) in [7, 11) is 0. The number of benzene rings is 1. The molecule has 0 aliphatic carbocycles. The summed E-state index contributed by atoms with van der Waals surface area (Å²) in [6.07, 6.45) is 5.14. The molecule has 2 heterocycles. The summed E-state index contributed by atoms with van der Waals surface area (Å²) in [6.45, 7) is 0. The van der Waals surface area contributed by atoms with E-state index in [0.717, 1.165) is 16.5 Å². The molecule has 0 fully saturated rings. The molecular formula is C15H11NO4. The van der Waals surface area contributed by atoms with Crippen molar-refractivity contribution in [1.29, 1.82) is 0 Å². The van der Waals surface area contributed by atoms with Crippen molar-refractivity contribution in [2.75, 3.05) is 0 Å². The SMILES string of the molecule is O=c1oc(/C=C/c2c[nH]c3ccccc23)cc(O)c1O. The predicted octanol–water partition coefficient (Wildman–Crippen LogP) is 2.70. The van der Waals surface area contributed by atoms with Crippen LogP contribution in [0.15, 0.2) is 45.7 Å². The first kappa shape index (κ1) is 12.1. The second-order valence-electron chi connectivity index (χ2n) is 4.29. The highest BCUT2D eigenvalue weighted by molar-refractivity contribution is 5.91. The Morgan fingerprint density at radius 3 is 2.75 bits per heavy atom. The molecule has 0 bridgehead atoms. The highest BCUT2D eigenvalue weighted by atomic mass is 16.4. The smallest absolute Gasteiger partial charge is 0.382 e. The van der Waals surface area contributed by atoms with Crippen LogP contribution < -0.4 is 5.63 Å². The lowest BCUT2D eigenvalue weighted by Crippen LogP contribution is -1.98. The predicted molar refractivity (Wildman–Crippen MR) is 75.5 cm³/mol. The molecule has 0 saturated carbocycles. The number of H-pyrrole nitrogens is 1. The van der Waals surface area contributed by atoms with Crippen molar-refractivity contribution in [3.8, 4) is 11.5 Å². The van der Waals surface area contributed by atoms with Crippen LogP contribution in [-0.2, 0) is 0 Å². The molecule has 0 aliphatic heterocycles. The Morgan fingerprint density at radius 1 is 1.15 bits per heavy atom. The molecule has 1 aromatic carbocycles. The summed E-state index contributed by atoms with van der Waals surface area (Å²) in [4.78, 5) is 14.3. The first-order chi connectivity index (χ1) is 9.65. The van der Waals surface area contributed by atoms with Crippen LogP contribution in [0.25, 0.3) is 23.1 Å². The highest BCUT2D eigenvalue weighted by Gasteiger charge is 2.07. The second kappa shape index (κ2) is 4.62. The number of nitrogens with one attached hydrogen (secondary N) is 1. The Balaban J connectivity index is 2.00. The van der Waals surface area contributed by atoms with Crippen molar-refractivity contribution >= 4 is 23.1 Å². The standard InChI is InChI=1S/C15H11NO4/c17-13-7-10(20-15(19)14(13)18)6-5-9-8-16-12-4-2-1-3-11(9)12/h1-8,16-18H/b6-5+. The maximum absolute atomic E-state index is 11.2. The van der Waals surface area contributed by atoms with Crippen molar-refractivity contribution in [2.24, 2.45) is 0 Å². The van der Waals surface area contributed by atoms with Crippen molar-refractivity contribution in [1.82, 2.24) is 4.98 Å². The van der Waals surface area contributed by atoms with Crippen LogP contribution in [0.1, 0.15) is 11.3 Å². The van der Waals surface area contributed by atoms with Gasteiger partial charge in [-0.05, 0) is 23.8 Å². The number of aromatic amines is 1. The van der Waals surface area contributed by atoms with Gasteiger partial charge >= 0.3 is 5.63 Å². The molecule has 20 heavy (non-hydrogen) atoms. The van der Waals surface area contributed by atoms with Crippen LogP contribution in [0.4, 0.5) is 0 Å². The molecule has 0 amide bonds. The minimum Gasteiger partial charge on any atom is -0.504 e. The molecule has 0 saturated heterocycles. The van der Waals surface area contributed by atoms with Crippen molar-refractivity contribution in [2.45, 2.75) is 0 Å². The van der Waals surface area contributed by atoms with Gasteiger partial charge in [0.25, 0.3) is 0 Å². The van der Waals surface area contributed by atoms with E-state index in [1.807, 2.05) is 30.5 Å². The molecule has 0 aliphatic rings. The fraction of sp³-hybridized carbons (Fsp3) is 0. The molecule has 0 unspecified atom stereocenters. The third-order valence-electron chi connectivity index (χ3n) is 2.97. The van der Waals surface area contributed by atoms with E-state index in [9.17, 15) is 9.90 Å². The van der Waals surface area contributed by atoms with E-state index in [2.05, 4.69) is 4.98 Å². The van der Waals surface area contributed by atoms with Crippen LogP contribution in [-0.4, -0.2) is 15.2 Å². The summed E-state index contributed by atoms with van der Waals surface area (Å²) >= 11 is 0. The molecule has 100 valence electrons. The molecule has 3 aromatic rings. The quantitative estimate of drug-likeness (QED) is 0.667. The maximum Gasteiger partial charge on any atom is 0.382 e. The van der Waals surface area contributed by atoms with Gasteiger partial charge in [0.15, 0.2) is 5.75 Å². The Hall–Kier alpha value is -2.95. The van der Waals surface area contributed by atoms with Gasteiger partial charge < -0.3 is 19.6 Å². The lowest BCUT2D eigenvalue weighted by Gasteiger charge is -1.97. The number of hydrogen-bond acceptors (Lipinski definition) is 4. The normalized spacial score (nSPS) is 11.4. The summed E-state index contributed by atoms with van der Waals surface area (Å²) in [6, 6.07) is 8.97. The monoisotopic (exact) mass is 269 g/mol. The number of para-hydroxylation sites is 1. The number of fused-ring (bicyclic) bond motifs is 1. The number of hydrogen-bond donors (Lipinski definition) is 3. The fourth-order valence-corrected chi connectivity index (χ4v) is 1.98. The van der Waals surface area contributed by atoms with Crippen LogP contribution in [0.2, 0.25) is 0 Å². The average Bonchev–Trinajstić information content (AvgIpc) is 2.85. The van der Waals surface area contributed by atoms with E-state index in [4.69, 9.17) is 9.52 Å². The Labute approximate surface area is 113 Å². The number of rotatable bonds is 2. The molecule has 5 nitrogen and oxygen atoms in total. The van der Waals surface area contributed by atoms with Gasteiger partial charge in [-0.25, -0.2) is 4.79 Å². The van der Waals surface area contributed by atoms with E-state index in [1.165, 1.54) is 6.07 Å². The van der Waals surface area contributed by atoms with Crippen molar-refractivity contribution < 1.29 is 14.6 Å². The molecule has 5 heteroatoms. The van der Waals surface area contributed by atoms with Gasteiger partial charge in [-0.3, -0.25) is 0 Å². The average molecular weight is 269 g/mol. The topological polar surface area (TPSA) is 86.5 Å². The van der Waals surface area contributed by atoms with E-state index in [-0.39, 0.29) is 5.76 Å². The number of aromatic nitrogens is 1. The van der Waals surface area contributed by atoms with E-state index >= 15 is 0 Å². The third kappa shape index (κ3) is 2.05. The van der Waals surface area contributed by atoms with E-state index < -0.39 is 17.1 Å². The second-order valence-corrected chi connectivity index (χ2v) is 4.29. The third-order valence-corrected chi connectivity index (χ3v) is 2.97. The Bertz CT molecular complexity index is 858. The van der Waals surface area contributed by atoms with Gasteiger partial charge in [0.2, 0.25) is 5.75 Å². The van der Waals surface area contributed by atoms with Gasteiger partial charge in [-0.1, -0.05) is 18.2 Å². The maximum atomic E-state index is 11.2. The van der Waals surface area contributed by atoms with Crippen LogP contribution >= 0.6 is 0 Å². The van der Waals surface area contributed by atoms with Gasteiger partial charge in [0.05, 0.1) is 0 Å². The Morgan fingerprint density at radius 2 is 1.95 bits per heavy atom. The molecule has 0 atom stereocenters. The van der Waals surface area contributed by atoms with Crippen LogP contribution in [0, 0.1) is 0 Å². The zero-order valence-electron chi connectivity index (χ0n) is 10.3. The molecule has 2 aromatic heterocycles. The fourth-order valence-electron chi connectivity index (χ4n) is 1.98. The van der Waals surface area contributed by atoms with Gasteiger partial charge in [0, 0.05) is 23.2 Å². The van der Waals surface area contributed by atoms with Gasteiger partial charge in [0.1, 0.15) is 5.76 Å². The van der Waals surface area contributed by atoms with Crippen LogP contribution in [0.3, 0.4) is 0 Å². The minimum atomic E-state index is -0.969. The lowest BCUT2D eigenvalue weighted by molar-refractivity contribution is 0.362. The summed E-state index contributed by atoms with van der Waals surface area (Å²) in [5, 5.41) is 19.5. The summed E-state index contributed by atoms with van der Waals surface area (Å²) < 4.78 is 4.84. The molecular weight excluding hydrogens is 258 g/mol. The highest BCUT2D eigenvalue weighted by Crippen LogP contribution is 2.23.